The quantitative estimate of drug-likeness (QED) is 0.228. The molecule has 3 aromatic heterocycles. The highest BCUT2D eigenvalue weighted by atomic mass is 15.1. The Morgan fingerprint density at radius 3 is 2.47 bits per heavy atom. The summed E-state index contributed by atoms with van der Waals surface area (Å²) in [6.07, 6.45) is 12.3. The SMILES string of the molecule is CCC(CC)C(=C/N)/C=C(\N)Nc1ccc2ncc(/C(=C/NC)C(=N)c3ccncc3)cc2n1. The van der Waals surface area contributed by atoms with E-state index < -0.39 is 0 Å². The van der Waals surface area contributed by atoms with Crippen LogP contribution >= 0.6 is 0 Å². The molecule has 0 unspecified atom stereocenters. The van der Waals surface area contributed by atoms with Crippen LogP contribution < -0.4 is 22.1 Å². The number of hydrogen-bond acceptors (Lipinski definition) is 8. The molecule has 0 aliphatic heterocycles. The van der Waals surface area contributed by atoms with E-state index in [-0.39, 0.29) is 0 Å². The van der Waals surface area contributed by atoms with Gasteiger partial charge < -0.3 is 22.1 Å². The molecule has 8 nitrogen and oxygen atoms in total. The fraction of sp³-hybridized carbons (Fsp3) is 0.231. The van der Waals surface area contributed by atoms with E-state index in [1.807, 2.05) is 24.3 Å². The molecule has 176 valence electrons. The van der Waals surface area contributed by atoms with Gasteiger partial charge in [-0.25, -0.2) is 4.98 Å². The highest BCUT2D eigenvalue weighted by Crippen LogP contribution is 2.23. The minimum absolute atomic E-state index is 0.356. The summed E-state index contributed by atoms with van der Waals surface area (Å²) in [5, 5.41) is 14.9. The highest BCUT2D eigenvalue weighted by molar-refractivity contribution is 6.30. The van der Waals surface area contributed by atoms with Gasteiger partial charge in [0.25, 0.3) is 0 Å². The number of fused-ring (bicyclic) bond motifs is 1. The van der Waals surface area contributed by atoms with Crippen molar-refractivity contribution in [3.63, 3.8) is 0 Å². The normalized spacial score (nSPS) is 12.8. The Morgan fingerprint density at radius 2 is 1.82 bits per heavy atom. The van der Waals surface area contributed by atoms with Crippen molar-refractivity contribution in [1.29, 1.82) is 5.41 Å². The summed E-state index contributed by atoms with van der Waals surface area (Å²) in [6, 6.07) is 9.25. The maximum absolute atomic E-state index is 8.68. The third kappa shape index (κ3) is 5.78. The van der Waals surface area contributed by atoms with Gasteiger partial charge in [0.1, 0.15) is 11.6 Å². The van der Waals surface area contributed by atoms with Crippen molar-refractivity contribution in [2.75, 3.05) is 12.4 Å². The second-order valence-corrected chi connectivity index (χ2v) is 7.82. The molecular weight excluding hydrogens is 424 g/mol. The summed E-state index contributed by atoms with van der Waals surface area (Å²) in [7, 11) is 1.80. The Labute approximate surface area is 200 Å². The molecule has 0 amide bonds. The van der Waals surface area contributed by atoms with Crippen LogP contribution in [0.25, 0.3) is 16.6 Å². The summed E-state index contributed by atoms with van der Waals surface area (Å²) < 4.78 is 0. The van der Waals surface area contributed by atoms with Gasteiger partial charge in [0, 0.05) is 48.5 Å². The predicted octanol–water partition coefficient (Wildman–Crippen LogP) is 4.14. The van der Waals surface area contributed by atoms with Crippen molar-refractivity contribution >= 4 is 28.1 Å². The van der Waals surface area contributed by atoms with Crippen LogP contribution in [-0.2, 0) is 0 Å². The maximum atomic E-state index is 8.68. The van der Waals surface area contributed by atoms with E-state index >= 15 is 0 Å². The van der Waals surface area contributed by atoms with E-state index in [4.69, 9.17) is 21.9 Å². The molecule has 3 heterocycles. The van der Waals surface area contributed by atoms with Gasteiger partial charge in [0.05, 0.1) is 16.7 Å². The number of allylic oxidation sites excluding steroid dienone is 3. The third-order valence-corrected chi connectivity index (χ3v) is 5.62. The highest BCUT2D eigenvalue weighted by Gasteiger charge is 2.13. The second-order valence-electron chi connectivity index (χ2n) is 7.82. The molecule has 0 fully saturated rings. The number of aromatic nitrogens is 3. The summed E-state index contributed by atoms with van der Waals surface area (Å²) in [6.45, 7) is 4.27. The monoisotopic (exact) mass is 456 g/mol. The molecular formula is C26H32N8. The molecule has 0 aliphatic rings. The molecule has 0 aliphatic carbocycles. The van der Waals surface area contributed by atoms with Crippen LogP contribution in [0.2, 0.25) is 0 Å². The van der Waals surface area contributed by atoms with E-state index in [1.165, 1.54) is 0 Å². The van der Waals surface area contributed by atoms with E-state index in [0.717, 1.165) is 35.1 Å². The molecule has 0 bridgehead atoms. The minimum Gasteiger partial charge on any atom is -0.404 e. The summed E-state index contributed by atoms with van der Waals surface area (Å²) in [5.74, 6) is 1.43. The van der Waals surface area contributed by atoms with Crippen molar-refractivity contribution in [1.82, 2.24) is 20.3 Å². The van der Waals surface area contributed by atoms with Gasteiger partial charge in [-0.05, 0) is 66.9 Å². The van der Waals surface area contributed by atoms with Crippen molar-refractivity contribution < 1.29 is 0 Å². The molecule has 8 heteroatoms. The van der Waals surface area contributed by atoms with Crippen molar-refractivity contribution in [2.24, 2.45) is 17.4 Å². The van der Waals surface area contributed by atoms with Crippen molar-refractivity contribution in [3.8, 4) is 0 Å². The van der Waals surface area contributed by atoms with Gasteiger partial charge in [-0.2, -0.15) is 0 Å². The topological polar surface area (TPSA) is 139 Å². The zero-order chi connectivity index (χ0) is 24.5. The molecule has 0 atom stereocenters. The Morgan fingerprint density at radius 1 is 1.09 bits per heavy atom. The summed E-state index contributed by atoms with van der Waals surface area (Å²) >= 11 is 0. The fourth-order valence-corrected chi connectivity index (χ4v) is 3.77. The number of nitrogens with zero attached hydrogens (tertiary/aromatic N) is 3. The standard InChI is InChI=1S/C26H32N8/c1-4-17(5-2)19(14-27)13-24(28)34-25-7-6-22-23(33-25)12-20(15-32-22)21(16-30-3)26(29)18-8-10-31-11-9-18/h6-17,29-30H,4-5,27-28H2,1-3H3,(H,33,34)/b19-14+,21-16-,24-13+,29-26?. The van der Waals surface area contributed by atoms with Crippen molar-refractivity contribution in [2.45, 2.75) is 26.7 Å². The van der Waals surface area contributed by atoms with E-state index in [9.17, 15) is 0 Å². The molecule has 0 aromatic carbocycles. The Bertz CT molecular complexity index is 1220. The van der Waals surface area contributed by atoms with Gasteiger partial charge >= 0.3 is 0 Å². The number of hydrogen-bond donors (Lipinski definition) is 5. The van der Waals surface area contributed by atoms with Crippen LogP contribution in [0.5, 0.6) is 0 Å². The van der Waals surface area contributed by atoms with Crippen LogP contribution in [-0.4, -0.2) is 27.7 Å². The molecule has 7 N–H and O–H groups in total. The number of nitrogens with two attached hydrogens (primary N) is 2. The van der Waals surface area contributed by atoms with Gasteiger partial charge in [0.15, 0.2) is 0 Å². The summed E-state index contributed by atoms with van der Waals surface area (Å²) in [5.41, 5.74) is 17.1. The van der Waals surface area contributed by atoms with E-state index in [1.54, 1.807) is 50.2 Å². The zero-order valence-electron chi connectivity index (χ0n) is 19.8. The molecule has 34 heavy (non-hydrogen) atoms. The van der Waals surface area contributed by atoms with Crippen LogP contribution in [0.3, 0.4) is 0 Å². The lowest BCUT2D eigenvalue weighted by atomic mass is 9.94. The Hall–Kier alpha value is -4.20. The van der Waals surface area contributed by atoms with E-state index in [0.29, 0.717) is 34.4 Å². The summed E-state index contributed by atoms with van der Waals surface area (Å²) in [4.78, 5) is 13.3. The average Bonchev–Trinajstić information content (AvgIpc) is 2.87. The van der Waals surface area contributed by atoms with E-state index in [2.05, 4.69) is 34.4 Å². The van der Waals surface area contributed by atoms with Gasteiger partial charge in [-0.3, -0.25) is 15.4 Å². The molecule has 3 aromatic rings. The fourth-order valence-electron chi connectivity index (χ4n) is 3.77. The molecule has 0 saturated carbocycles. The van der Waals surface area contributed by atoms with Crippen LogP contribution in [0.15, 0.2) is 78.8 Å². The first-order valence-corrected chi connectivity index (χ1v) is 11.3. The Balaban J connectivity index is 1.91. The zero-order valence-corrected chi connectivity index (χ0v) is 19.8. The number of anilines is 1. The second kappa shape index (κ2) is 11.6. The first kappa shape index (κ1) is 24.4. The first-order chi connectivity index (χ1) is 16.5. The number of rotatable bonds is 10. The van der Waals surface area contributed by atoms with Crippen molar-refractivity contribution in [3.05, 3.63) is 89.9 Å². The molecule has 3 rings (SSSR count). The molecule has 0 spiro atoms. The van der Waals surface area contributed by atoms with Crippen LogP contribution in [0.4, 0.5) is 5.82 Å². The lowest BCUT2D eigenvalue weighted by molar-refractivity contribution is 0.581. The Kier molecular flexibility index (Phi) is 8.34. The average molecular weight is 457 g/mol. The lowest BCUT2D eigenvalue weighted by Crippen LogP contribution is -2.13. The lowest BCUT2D eigenvalue weighted by Gasteiger charge is -2.15. The first-order valence-electron chi connectivity index (χ1n) is 11.3. The van der Waals surface area contributed by atoms with Gasteiger partial charge in [0.2, 0.25) is 0 Å². The van der Waals surface area contributed by atoms with Crippen LogP contribution in [0, 0.1) is 11.3 Å². The largest absolute Gasteiger partial charge is 0.404 e. The number of nitrogens with one attached hydrogen (secondary N) is 3. The third-order valence-electron chi connectivity index (χ3n) is 5.62. The smallest absolute Gasteiger partial charge is 0.132 e. The molecule has 0 saturated heterocycles. The van der Waals surface area contributed by atoms with Gasteiger partial charge in [-0.15, -0.1) is 0 Å². The minimum atomic E-state index is 0.356. The molecule has 0 radical (unpaired) electrons. The number of pyridine rings is 3. The predicted molar refractivity (Wildman–Crippen MR) is 140 cm³/mol. The maximum Gasteiger partial charge on any atom is 0.132 e. The van der Waals surface area contributed by atoms with Crippen LogP contribution in [0.1, 0.15) is 37.8 Å². The van der Waals surface area contributed by atoms with Gasteiger partial charge in [-0.1, -0.05) is 13.8 Å².